The second-order valence-corrected chi connectivity index (χ2v) is 4.53. The second-order valence-electron chi connectivity index (χ2n) is 4.09. The third kappa shape index (κ3) is 3.58. The minimum Gasteiger partial charge on any atom is -0.388 e. The zero-order valence-corrected chi connectivity index (χ0v) is 10.3. The molecule has 1 N–H and O–H groups in total. The molecule has 0 saturated heterocycles. The van der Waals surface area contributed by atoms with E-state index in [2.05, 4.69) is 0 Å². The van der Waals surface area contributed by atoms with E-state index in [0.29, 0.717) is 0 Å². The number of benzene rings is 2. The zero-order valence-electron chi connectivity index (χ0n) is 9.51. The Bertz CT molecular complexity index is 450. The Kier molecular flexibility index (Phi) is 4.18. The number of hydrogen-bond donors (Lipinski definition) is 1. The van der Waals surface area contributed by atoms with Crippen molar-refractivity contribution in [2.45, 2.75) is 18.9 Å². The standard InChI is InChI=1S/C15H15ClO/c16-14-9-6-12(7-10-14)8-11-15(17)13-4-2-1-3-5-13/h1-7,9-10,15,17H,8,11H2/t15-/m0/s1. The maximum atomic E-state index is 10.0. The van der Waals surface area contributed by atoms with Crippen LogP contribution < -0.4 is 0 Å². The van der Waals surface area contributed by atoms with Gasteiger partial charge in [-0.25, -0.2) is 0 Å². The van der Waals surface area contributed by atoms with Crippen molar-refractivity contribution in [1.82, 2.24) is 0 Å². The molecule has 17 heavy (non-hydrogen) atoms. The van der Waals surface area contributed by atoms with Gasteiger partial charge in [0, 0.05) is 5.02 Å². The van der Waals surface area contributed by atoms with E-state index < -0.39 is 6.10 Å². The fraction of sp³-hybridized carbons (Fsp3) is 0.200. The molecular formula is C15H15ClO. The highest BCUT2D eigenvalue weighted by Crippen LogP contribution is 2.19. The number of aryl methyl sites for hydroxylation is 1. The van der Waals surface area contributed by atoms with Crippen LogP contribution in [0.1, 0.15) is 23.7 Å². The van der Waals surface area contributed by atoms with E-state index in [0.717, 1.165) is 23.4 Å². The lowest BCUT2D eigenvalue weighted by Crippen LogP contribution is -1.99. The van der Waals surface area contributed by atoms with Crippen molar-refractivity contribution in [3.63, 3.8) is 0 Å². The van der Waals surface area contributed by atoms with Crippen LogP contribution >= 0.6 is 11.6 Å². The number of halogens is 1. The van der Waals surface area contributed by atoms with Gasteiger partial charge in [0.1, 0.15) is 0 Å². The lowest BCUT2D eigenvalue weighted by Gasteiger charge is -2.10. The second kappa shape index (κ2) is 5.85. The van der Waals surface area contributed by atoms with Crippen molar-refractivity contribution in [2.75, 3.05) is 0 Å². The van der Waals surface area contributed by atoms with E-state index in [4.69, 9.17) is 11.6 Å². The molecule has 0 amide bonds. The Labute approximate surface area is 107 Å². The summed E-state index contributed by atoms with van der Waals surface area (Å²) in [5, 5.41) is 10.8. The average Bonchev–Trinajstić information content (AvgIpc) is 2.39. The van der Waals surface area contributed by atoms with Gasteiger partial charge < -0.3 is 5.11 Å². The molecule has 1 nitrogen and oxygen atoms in total. The van der Waals surface area contributed by atoms with Gasteiger partial charge in [-0.05, 0) is 36.1 Å². The highest BCUT2D eigenvalue weighted by molar-refractivity contribution is 6.30. The van der Waals surface area contributed by atoms with Crippen molar-refractivity contribution in [3.05, 3.63) is 70.7 Å². The molecular weight excluding hydrogens is 232 g/mol. The molecule has 0 aliphatic rings. The first-order valence-electron chi connectivity index (χ1n) is 5.73. The molecule has 0 unspecified atom stereocenters. The van der Waals surface area contributed by atoms with Crippen LogP contribution in [0.4, 0.5) is 0 Å². The summed E-state index contributed by atoms with van der Waals surface area (Å²) in [4.78, 5) is 0. The number of aliphatic hydroxyl groups is 1. The van der Waals surface area contributed by atoms with Crippen LogP contribution in [-0.4, -0.2) is 5.11 Å². The number of aliphatic hydroxyl groups excluding tert-OH is 1. The molecule has 2 aromatic rings. The Balaban J connectivity index is 1.92. The molecule has 0 aromatic heterocycles. The maximum Gasteiger partial charge on any atom is 0.0793 e. The molecule has 88 valence electrons. The summed E-state index contributed by atoms with van der Waals surface area (Å²) in [6.45, 7) is 0. The smallest absolute Gasteiger partial charge is 0.0793 e. The normalized spacial score (nSPS) is 12.4. The molecule has 2 aromatic carbocycles. The minimum atomic E-state index is -0.396. The van der Waals surface area contributed by atoms with E-state index in [1.165, 1.54) is 5.56 Å². The van der Waals surface area contributed by atoms with Gasteiger partial charge in [-0.1, -0.05) is 54.1 Å². The fourth-order valence-corrected chi connectivity index (χ4v) is 1.92. The van der Waals surface area contributed by atoms with Gasteiger partial charge in [-0.3, -0.25) is 0 Å². The zero-order chi connectivity index (χ0) is 12.1. The van der Waals surface area contributed by atoms with Crippen molar-refractivity contribution in [1.29, 1.82) is 0 Å². The highest BCUT2D eigenvalue weighted by atomic mass is 35.5. The van der Waals surface area contributed by atoms with E-state index >= 15 is 0 Å². The van der Waals surface area contributed by atoms with Crippen LogP contribution in [0.2, 0.25) is 5.02 Å². The van der Waals surface area contributed by atoms with Crippen molar-refractivity contribution in [2.24, 2.45) is 0 Å². The summed E-state index contributed by atoms with van der Waals surface area (Å²) in [7, 11) is 0. The summed E-state index contributed by atoms with van der Waals surface area (Å²) >= 11 is 5.82. The van der Waals surface area contributed by atoms with E-state index in [-0.39, 0.29) is 0 Å². The van der Waals surface area contributed by atoms with E-state index in [1.807, 2.05) is 54.6 Å². The first kappa shape index (κ1) is 12.2. The monoisotopic (exact) mass is 246 g/mol. The van der Waals surface area contributed by atoms with Crippen molar-refractivity contribution >= 4 is 11.6 Å². The molecule has 0 radical (unpaired) electrons. The van der Waals surface area contributed by atoms with Crippen molar-refractivity contribution in [3.8, 4) is 0 Å². The van der Waals surface area contributed by atoms with Crippen LogP contribution in [0, 0.1) is 0 Å². The first-order chi connectivity index (χ1) is 8.25. The Morgan fingerprint density at radius 1 is 0.941 bits per heavy atom. The Morgan fingerprint density at radius 3 is 2.24 bits per heavy atom. The average molecular weight is 247 g/mol. The molecule has 0 heterocycles. The van der Waals surface area contributed by atoms with Crippen LogP contribution in [0.15, 0.2) is 54.6 Å². The first-order valence-corrected chi connectivity index (χ1v) is 6.11. The summed E-state index contributed by atoms with van der Waals surface area (Å²) in [5.41, 5.74) is 2.17. The van der Waals surface area contributed by atoms with Gasteiger partial charge >= 0.3 is 0 Å². The molecule has 0 aliphatic carbocycles. The third-order valence-corrected chi connectivity index (χ3v) is 3.06. The summed E-state index contributed by atoms with van der Waals surface area (Å²) in [5.74, 6) is 0. The molecule has 1 atom stereocenters. The quantitative estimate of drug-likeness (QED) is 0.864. The maximum absolute atomic E-state index is 10.0. The Hall–Kier alpha value is -1.31. The largest absolute Gasteiger partial charge is 0.388 e. The summed E-state index contributed by atoms with van der Waals surface area (Å²) < 4.78 is 0. The lowest BCUT2D eigenvalue weighted by molar-refractivity contribution is 0.168. The molecule has 2 rings (SSSR count). The van der Waals surface area contributed by atoms with Crippen LogP contribution in [0.5, 0.6) is 0 Å². The molecule has 0 aliphatic heterocycles. The topological polar surface area (TPSA) is 20.2 Å². The summed E-state index contributed by atoms with van der Waals surface area (Å²) in [6, 6.07) is 17.5. The molecule has 0 bridgehead atoms. The van der Waals surface area contributed by atoms with Gasteiger partial charge in [-0.15, -0.1) is 0 Å². The molecule has 0 fully saturated rings. The number of hydrogen-bond acceptors (Lipinski definition) is 1. The van der Waals surface area contributed by atoms with Gasteiger partial charge in [0.25, 0.3) is 0 Å². The van der Waals surface area contributed by atoms with Gasteiger partial charge in [-0.2, -0.15) is 0 Å². The molecule has 0 spiro atoms. The minimum absolute atomic E-state index is 0.396. The Morgan fingerprint density at radius 2 is 1.59 bits per heavy atom. The van der Waals surface area contributed by atoms with Crippen LogP contribution in [-0.2, 0) is 6.42 Å². The third-order valence-electron chi connectivity index (χ3n) is 2.80. The van der Waals surface area contributed by atoms with Gasteiger partial charge in [0.05, 0.1) is 6.10 Å². The van der Waals surface area contributed by atoms with Crippen LogP contribution in [0.25, 0.3) is 0 Å². The van der Waals surface area contributed by atoms with Crippen molar-refractivity contribution < 1.29 is 5.11 Å². The lowest BCUT2D eigenvalue weighted by atomic mass is 10.0. The SMILES string of the molecule is O[C@@H](CCc1ccc(Cl)cc1)c1ccccc1. The summed E-state index contributed by atoms with van der Waals surface area (Å²) in [6.07, 6.45) is 1.19. The highest BCUT2D eigenvalue weighted by Gasteiger charge is 2.06. The van der Waals surface area contributed by atoms with Crippen LogP contribution in [0.3, 0.4) is 0 Å². The van der Waals surface area contributed by atoms with Gasteiger partial charge in [0.2, 0.25) is 0 Å². The molecule has 0 saturated carbocycles. The molecule has 2 heteroatoms. The predicted molar refractivity (Wildman–Crippen MR) is 71.2 cm³/mol. The fourth-order valence-electron chi connectivity index (χ4n) is 1.80. The van der Waals surface area contributed by atoms with E-state index in [1.54, 1.807) is 0 Å². The predicted octanol–water partition coefficient (Wildman–Crippen LogP) is 4.01. The number of rotatable bonds is 4. The van der Waals surface area contributed by atoms with Gasteiger partial charge in [0.15, 0.2) is 0 Å². The van der Waals surface area contributed by atoms with E-state index in [9.17, 15) is 5.11 Å².